The molecule has 2 rings (SSSR count). The smallest absolute Gasteiger partial charge is 0.150 e. The minimum atomic E-state index is 0.722. The number of rotatable bonds is 2. The lowest BCUT2D eigenvalue weighted by atomic mass is 9.78. The van der Waals surface area contributed by atoms with Gasteiger partial charge in [0.2, 0.25) is 0 Å². The molecule has 68 valence electrons. The summed E-state index contributed by atoms with van der Waals surface area (Å²) in [7, 11) is 0. The van der Waals surface area contributed by atoms with Gasteiger partial charge in [0.15, 0.2) is 0 Å². The summed E-state index contributed by atoms with van der Waals surface area (Å²) in [5, 5.41) is 0. The van der Waals surface area contributed by atoms with Crippen molar-refractivity contribution in [3.05, 3.63) is 34.9 Å². The van der Waals surface area contributed by atoms with E-state index < -0.39 is 0 Å². The van der Waals surface area contributed by atoms with Gasteiger partial charge >= 0.3 is 0 Å². The molecule has 0 aromatic heterocycles. The fourth-order valence-electron chi connectivity index (χ4n) is 1.96. The van der Waals surface area contributed by atoms with Gasteiger partial charge in [-0.2, -0.15) is 0 Å². The molecule has 1 aromatic carbocycles. The lowest BCUT2D eigenvalue weighted by molar-refractivity contribution is 0.112. The summed E-state index contributed by atoms with van der Waals surface area (Å²) in [5.41, 5.74) is 3.42. The summed E-state index contributed by atoms with van der Waals surface area (Å²) in [4.78, 5) is 10.7. The van der Waals surface area contributed by atoms with E-state index in [1.807, 2.05) is 12.1 Å². The van der Waals surface area contributed by atoms with Gasteiger partial charge < -0.3 is 0 Å². The van der Waals surface area contributed by atoms with Crippen molar-refractivity contribution < 1.29 is 4.79 Å². The summed E-state index contributed by atoms with van der Waals surface area (Å²) >= 11 is 0. The second-order valence-corrected chi connectivity index (χ2v) is 3.81. The Morgan fingerprint density at radius 2 is 2.15 bits per heavy atom. The Morgan fingerprint density at radius 1 is 1.38 bits per heavy atom. The molecule has 1 aliphatic rings. The van der Waals surface area contributed by atoms with E-state index in [0.29, 0.717) is 0 Å². The minimum absolute atomic E-state index is 0.722. The molecule has 1 aliphatic carbocycles. The Bertz CT molecular complexity index is 324. The van der Waals surface area contributed by atoms with Crippen LogP contribution in [0.3, 0.4) is 0 Å². The topological polar surface area (TPSA) is 17.1 Å². The van der Waals surface area contributed by atoms with E-state index in [1.165, 1.54) is 30.4 Å². The molecule has 0 radical (unpaired) electrons. The van der Waals surface area contributed by atoms with Gasteiger partial charge in [-0.15, -0.1) is 0 Å². The van der Waals surface area contributed by atoms with Crippen molar-refractivity contribution in [1.82, 2.24) is 0 Å². The highest BCUT2D eigenvalue weighted by atomic mass is 16.1. The first kappa shape index (κ1) is 8.49. The van der Waals surface area contributed by atoms with Crippen molar-refractivity contribution in [3.63, 3.8) is 0 Å². The summed E-state index contributed by atoms with van der Waals surface area (Å²) in [6.07, 6.45) is 4.89. The summed E-state index contributed by atoms with van der Waals surface area (Å²) in [6.45, 7) is 2.05. The summed E-state index contributed by atoms with van der Waals surface area (Å²) in [5.74, 6) is 0.722. The van der Waals surface area contributed by atoms with Crippen LogP contribution in [0, 0.1) is 6.92 Å². The van der Waals surface area contributed by atoms with E-state index in [0.717, 1.165) is 17.8 Å². The molecular weight excluding hydrogens is 160 g/mol. The van der Waals surface area contributed by atoms with Crippen LogP contribution >= 0.6 is 0 Å². The maximum Gasteiger partial charge on any atom is 0.150 e. The van der Waals surface area contributed by atoms with Gasteiger partial charge in [-0.1, -0.05) is 24.6 Å². The molecule has 0 amide bonds. The quantitative estimate of drug-likeness (QED) is 0.630. The molecule has 0 bridgehead atoms. The third-order valence-electron chi connectivity index (χ3n) is 3.09. The third-order valence-corrected chi connectivity index (χ3v) is 3.09. The highest BCUT2D eigenvalue weighted by Crippen LogP contribution is 2.38. The number of hydrogen-bond acceptors (Lipinski definition) is 1. The molecule has 0 aliphatic heterocycles. The first-order valence-electron chi connectivity index (χ1n) is 4.87. The lowest BCUT2D eigenvalue weighted by Gasteiger charge is -2.27. The first-order chi connectivity index (χ1) is 6.33. The van der Waals surface area contributed by atoms with Crippen LogP contribution in [-0.2, 0) is 0 Å². The number of hydrogen-bond donors (Lipinski definition) is 0. The summed E-state index contributed by atoms with van der Waals surface area (Å²) in [6, 6.07) is 6.04. The maximum absolute atomic E-state index is 10.7. The third kappa shape index (κ3) is 1.39. The fourth-order valence-corrected chi connectivity index (χ4v) is 1.96. The van der Waals surface area contributed by atoms with Crippen molar-refractivity contribution in [2.24, 2.45) is 0 Å². The van der Waals surface area contributed by atoms with Gasteiger partial charge in [-0.05, 0) is 36.8 Å². The van der Waals surface area contributed by atoms with Gasteiger partial charge in [0, 0.05) is 5.56 Å². The number of aldehydes is 1. The molecule has 1 nitrogen and oxygen atoms in total. The van der Waals surface area contributed by atoms with Gasteiger partial charge in [0.25, 0.3) is 0 Å². The van der Waals surface area contributed by atoms with E-state index in [2.05, 4.69) is 13.0 Å². The number of carbonyl (C=O) groups is 1. The highest BCUT2D eigenvalue weighted by Gasteiger charge is 2.21. The zero-order valence-corrected chi connectivity index (χ0v) is 7.92. The SMILES string of the molecule is Cc1c(C=O)cccc1C1CCC1. The molecule has 1 heteroatoms. The van der Waals surface area contributed by atoms with Crippen LogP contribution in [0.5, 0.6) is 0 Å². The molecule has 13 heavy (non-hydrogen) atoms. The van der Waals surface area contributed by atoms with Crippen molar-refractivity contribution in [1.29, 1.82) is 0 Å². The monoisotopic (exact) mass is 174 g/mol. The van der Waals surface area contributed by atoms with Crippen LogP contribution in [0.15, 0.2) is 18.2 Å². The normalized spacial score (nSPS) is 16.7. The van der Waals surface area contributed by atoms with Crippen LogP contribution in [0.25, 0.3) is 0 Å². The molecule has 0 spiro atoms. The van der Waals surface area contributed by atoms with E-state index in [-0.39, 0.29) is 0 Å². The maximum atomic E-state index is 10.7. The van der Waals surface area contributed by atoms with E-state index in [4.69, 9.17) is 0 Å². The van der Waals surface area contributed by atoms with E-state index in [1.54, 1.807) is 0 Å². The molecule has 1 aromatic rings. The fraction of sp³-hybridized carbons (Fsp3) is 0.417. The zero-order chi connectivity index (χ0) is 9.26. The van der Waals surface area contributed by atoms with Crippen LogP contribution in [-0.4, -0.2) is 6.29 Å². The Hall–Kier alpha value is -1.11. The molecule has 1 fully saturated rings. The summed E-state index contributed by atoms with van der Waals surface area (Å²) < 4.78 is 0. The molecule has 1 saturated carbocycles. The van der Waals surface area contributed by atoms with E-state index in [9.17, 15) is 4.79 Å². The van der Waals surface area contributed by atoms with E-state index >= 15 is 0 Å². The Balaban J connectivity index is 2.39. The predicted octanol–water partition coefficient (Wildman–Crippen LogP) is 3.08. The lowest BCUT2D eigenvalue weighted by Crippen LogP contribution is -2.10. The molecular formula is C12H14O. The average molecular weight is 174 g/mol. The Morgan fingerprint density at radius 3 is 2.69 bits per heavy atom. The average Bonchev–Trinajstić information content (AvgIpc) is 2.05. The second kappa shape index (κ2) is 3.33. The Labute approximate surface area is 78.8 Å². The van der Waals surface area contributed by atoms with Crippen LogP contribution in [0.1, 0.15) is 46.7 Å². The minimum Gasteiger partial charge on any atom is -0.298 e. The van der Waals surface area contributed by atoms with Gasteiger partial charge in [0.1, 0.15) is 6.29 Å². The van der Waals surface area contributed by atoms with Gasteiger partial charge in [-0.3, -0.25) is 4.79 Å². The standard InChI is InChI=1S/C12H14O/c1-9-11(8-13)6-3-7-12(9)10-4-2-5-10/h3,6-8,10H,2,4-5H2,1H3. The first-order valence-corrected chi connectivity index (χ1v) is 4.87. The molecule has 0 heterocycles. The number of benzene rings is 1. The zero-order valence-electron chi connectivity index (χ0n) is 7.92. The van der Waals surface area contributed by atoms with Crippen molar-refractivity contribution in [3.8, 4) is 0 Å². The molecule has 0 unspecified atom stereocenters. The van der Waals surface area contributed by atoms with Crippen molar-refractivity contribution >= 4 is 6.29 Å². The van der Waals surface area contributed by atoms with Gasteiger partial charge in [0.05, 0.1) is 0 Å². The van der Waals surface area contributed by atoms with Crippen LogP contribution in [0.2, 0.25) is 0 Å². The second-order valence-electron chi connectivity index (χ2n) is 3.81. The Kier molecular flexibility index (Phi) is 2.17. The van der Waals surface area contributed by atoms with Crippen molar-refractivity contribution in [2.75, 3.05) is 0 Å². The van der Waals surface area contributed by atoms with Crippen LogP contribution < -0.4 is 0 Å². The largest absolute Gasteiger partial charge is 0.298 e. The predicted molar refractivity (Wildman–Crippen MR) is 53.2 cm³/mol. The van der Waals surface area contributed by atoms with Gasteiger partial charge in [-0.25, -0.2) is 0 Å². The van der Waals surface area contributed by atoms with Crippen LogP contribution in [0.4, 0.5) is 0 Å². The highest BCUT2D eigenvalue weighted by molar-refractivity contribution is 5.77. The molecule has 0 saturated heterocycles. The number of carbonyl (C=O) groups excluding carboxylic acids is 1. The molecule has 0 atom stereocenters. The molecule has 0 N–H and O–H groups in total. The van der Waals surface area contributed by atoms with Crippen molar-refractivity contribution in [2.45, 2.75) is 32.1 Å².